The third-order valence-corrected chi connectivity index (χ3v) is 4.43. The highest BCUT2D eigenvalue weighted by Gasteiger charge is 2.51. The molecule has 0 saturated carbocycles. The molecule has 0 bridgehead atoms. The summed E-state index contributed by atoms with van der Waals surface area (Å²) in [7, 11) is 0. The van der Waals surface area contributed by atoms with Crippen molar-refractivity contribution in [2.75, 3.05) is 11.4 Å². The van der Waals surface area contributed by atoms with Crippen LogP contribution in [0.15, 0.2) is 67.4 Å². The van der Waals surface area contributed by atoms with Gasteiger partial charge >= 0.3 is 0 Å². The molecule has 0 fully saturated rings. The van der Waals surface area contributed by atoms with E-state index in [2.05, 4.69) is 11.6 Å². The van der Waals surface area contributed by atoms with Crippen molar-refractivity contribution in [3.8, 4) is 0 Å². The number of aromatic nitrogens is 1. The molecule has 0 saturated heterocycles. The van der Waals surface area contributed by atoms with Gasteiger partial charge in [0.05, 0.1) is 5.69 Å². The number of aromatic amines is 1. The number of carbonyl (C=O) groups excluding carboxylic acids is 1. The smallest absolute Gasteiger partial charge is 0.268 e. The number of nitrogens with one attached hydrogen (secondary N) is 1. The summed E-state index contributed by atoms with van der Waals surface area (Å²) in [5, 5.41) is 12.3. The van der Waals surface area contributed by atoms with Gasteiger partial charge in [0, 0.05) is 34.8 Å². The van der Waals surface area contributed by atoms with Crippen molar-refractivity contribution in [3.05, 3.63) is 78.5 Å². The Hall–Kier alpha value is -2.85. The molecule has 0 radical (unpaired) electrons. The Balaban J connectivity index is 2.00. The number of rotatable bonds is 3. The van der Waals surface area contributed by atoms with Crippen LogP contribution in [0.2, 0.25) is 0 Å². The van der Waals surface area contributed by atoms with Gasteiger partial charge < -0.3 is 15.0 Å². The fourth-order valence-corrected chi connectivity index (χ4v) is 3.38. The number of fused-ring (bicyclic) bond motifs is 2. The van der Waals surface area contributed by atoms with E-state index < -0.39 is 5.60 Å². The quantitative estimate of drug-likeness (QED) is 0.731. The molecule has 3 aromatic rings. The summed E-state index contributed by atoms with van der Waals surface area (Å²) in [5.74, 6) is -0.344. The zero-order valence-electron chi connectivity index (χ0n) is 12.5. The van der Waals surface area contributed by atoms with Crippen molar-refractivity contribution in [1.82, 2.24) is 4.98 Å². The van der Waals surface area contributed by atoms with Crippen LogP contribution in [0.4, 0.5) is 5.69 Å². The van der Waals surface area contributed by atoms with Gasteiger partial charge in [-0.05, 0) is 12.1 Å². The number of aliphatic hydroxyl groups is 1. The molecular formula is C19H16N2O2. The Morgan fingerprint density at radius 3 is 2.70 bits per heavy atom. The highest BCUT2D eigenvalue weighted by atomic mass is 16.3. The van der Waals surface area contributed by atoms with Crippen molar-refractivity contribution in [2.24, 2.45) is 0 Å². The lowest BCUT2D eigenvalue weighted by atomic mass is 9.87. The van der Waals surface area contributed by atoms with Gasteiger partial charge in [-0.2, -0.15) is 0 Å². The standard InChI is InChI=1S/C19H16N2O2/c1-2-11-21-17-10-6-4-8-14(17)19(23,18(21)22)15-12-20-16-9-5-3-7-13(15)16/h2-10,12,20,23H,1,11H2. The predicted molar refractivity (Wildman–Crippen MR) is 90.3 cm³/mol. The lowest BCUT2D eigenvalue weighted by molar-refractivity contribution is -0.131. The largest absolute Gasteiger partial charge is 0.372 e. The van der Waals surface area contributed by atoms with E-state index in [1.54, 1.807) is 23.2 Å². The molecule has 114 valence electrons. The minimum Gasteiger partial charge on any atom is -0.372 e. The molecule has 4 heteroatoms. The van der Waals surface area contributed by atoms with Gasteiger partial charge in [0.1, 0.15) is 0 Å². The van der Waals surface area contributed by atoms with E-state index in [1.807, 2.05) is 42.5 Å². The van der Waals surface area contributed by atoms with Gasteiger partial charge in [0.25, 0.3) is 5.91 Å². The number of hydrogen-bond acceptors (Lipinski definition) is 2. The minimum atomic E-state index is -1.68. The molecule has 1 amide bonds. The van der Waals surface area contributed by atoms with Crippen LogP contribution in [-0.2, 0) is 10.4 Å². The van der Waals surface area contributed by atoms with Crippen LogP contribution in [0, 0.1) is 0 Å². The second kappa shape index (κ2) is 4.83. The Kier molecular flexibility index (Phi) is 2.89. The number of para-hydroxylation sites is 2. The molecule has 1 unspecified atom stereocenters. The molecule has 2 aromatic carbocycles. The number of anilines is 1. The third-order valence-electron chi connectivity index (χ3n) is 4.43. The first-order chi connectivity index (χ1) is 11.2. The first-order valence-corrected chi connectivity index (χ1v) is 7.49. The van der Waals surface area contributed by atoms with Gasteiger partial charge in [-0.3, -0.25) is 4.79 Å². The second-order valence-corrected chi connectivity index (χ2v) is 5.68. The maximum absolute atomic E-state index is 13.0. The maximum atomic E-state index is 13.0. The zero-order valence-corrected chi connectivity index (χ0v) is 12.5. The Bertz CT molecular complexity index is 928. The lowest BCUT2D eigenvalue weighted by Crippen LogP contribution is -2.41. The van der Waals surface area contributed by atoms with Crippen molar-refractivity contribution in [3.63, 3.8) is 0 Å². The van der Waals surface area contributed by atoms with Crippen LogP contribution in [-0.4, -0.2) is 22.5 Å². The number of nitrogens with zero attached hydrogens (tertiary/aromatic N) is 1. The molecule has 23 heavy (non-hydrogen) atoms. The van der Waals surface area contributed by atoms with E-state index in [-0.39, 0.29) is 5.91 Å². The third kappa shape index (κ3) is 1.72. The van der Waals surface area contributed by atoms with E-state index >= 15 is 0 Å². The molecule has 1 aliphatic rings. The van der Waals surface area contributed by atoms with Crippen molar-refractivity contribution in [1.29, 1.82) is 0 Å². The average molecular weight is 304 g/mol. The summed E-state index contributed by atoms with van der Waals surface area (Å²) < 4.78 is 0. The number of H-pyrrole nitrogens is 1. The van der Waals surface area contributed by atoms with E-state index in [0.717, 1.165) is 16.6 Å². The van der Waals surface area contributed by atoms with Crippen LogP contribution in [0.1, 0.15) is 11.1 Å². The fraction of sp³-hybridized carbons (Fsp3) is 0.105. The van der Waals surface area contributed by atoms with Crippen LogP contribution in [0.3, 0.4) is 0 Å². The van der Waals surface area contributed by atoms with Gasteiger partial charge in [0.2, 0.25) is 0 Å². The van der Waals surface area contributed by atoms with Gasteiger partial charge in [0.15, 0.2) is 5.60 Å². The van der Waals surface area contributed by atoms with Crippen molar-refractivity contribution >= 4 is 22.5 Å². The first kappa shape index (κ1) is 13.8. The summed E-state index contributed by atoms with van der Waals surface area (Å²) in [6.45, 7) is 4.07. The maximum Gasteiger partial charge on any atom is 0.268 e. The Labute approximate surface area is 133 Å². The van der Waals surface area contributed by atoms with Crippen LogP contribution in [0.25, 0.3) is 10.9 Å². The molecule has 0 aliphatic carbocycles. The summed E-state index contributed by atoms with van der Waals surface area (Å²) in [6, 6.07) is 15.0. The first-order valence-electron chi connectivity index (χ1n) is 7.49. The Morgan fingerprint density at radius 1 is 1.13 bits per heavy atom. The summed E-state index contributed by atoms with van der Waals surface area (Å²) in [5.41, 5.74) is 1.13. The topological polar surface area (TPSA) is 56.3 Å². The SMILES string of the molecule is C=CCN1C(=O)C(O)(c2c[nH]c3ccccc23)c2ccccc21. The molecule has 1 aliphatic heterocycles. The molecule has 0 spiro atoms. The summed E-state index contributed by atoms with van der Waals surface area (Å²) in [6.07, 6.45) is 3.38. The summed E-state index contributed by atoms with van der Waals surface area (Å²) >= 11 is 0. The monoisotopic (exact) mass is 304 g/mol. The average Bonchev–Trinajstić information content (AvgIpc) is 3.10. The van der Waals surface area contributed by atoms with E-state index in [0.29, 0.717) is 17.7 Å². The van der Waals surface area contributed by atoms with Crippen molar-refractivity contribution < 1.29 is 9.90 Å². The molecule has 2 heterocycles. The predicted octanol–water partition coefficient (Wildman–Crippen LogP) is 2.94. The number of amides is 1. The van der Waals surface area contributed by atoms with Crippen LogP contribution >= 0.6 is 0 Å². The Morgan fingerprint density at radius 2 is 1.87 bits per heavy atom. The fourth-order valence-electron chi connectivity index (χ4n) is 3.38. The van der Waals surface area contributed by atoms with E-state index in [1.165, 1.54) is 0 Å². The number of hydrogen-bond donors (Lipinski definition) is 2. The minimum absolute atomic E-state index is 0.344. The van der Waals surface area contributed by atoms with Gasteiger partial charge in [-0.1, -0.05) is 42.5 Å². The van der Waals surface area contributed by atoms with Crippen LogP contribution < -0.4 is 4.90 Å². The van der Waals surface area contributed by atoms with E-state index in [9.17, 15) is 9.90 Å². The molecule has 1 atom stereocenters. The lowest BCUT2D eigenvalue weighted by Gasteiger charge is -2.22. The van der Waals surface area contributed by atoms with E-state index in [4.69, 9.17) is 0 Å². The van der Waals surface area contributed by atoms with Crippen LogP contribution in [0.5, 0.6) is 0 Å². The molecular weight excluding hydrogens is 288 g/mol. The second-order valence-electron chi connectivity index (χ2n) is 5.68. The molecule has 4 nitrogen and oxygen atoms in total. The van der Waals surface area contributed by atoms with Gasteiger partial charge in [-0.25, -0.2) is 0 Å². The highest BCUT2D eigenvalue weighted by molar-refractivity contribution is 6.11. The molecule has 2 N–H and O–H groups in total. The summed E-state index contributed by atoms with van der Waals surface area (Å²) in [4.78, 5) is 17.7. The van der Waals surface area contributed by atoms with Crippen molar-refractivity contribution in [2.45, 2.75) is 5.60 Å². The zero-order chi connectivity index (χ0) is 16.0. The number of benzene rings is 2. The highest BCUT2D eigenvalue weighted by Crippen LogP contribution is 2.46. The normalized spacial score (nSPS) is 20.0. The number of carbonyl (C=O) groups is 1. The molecule has 1 aromatic heterocycles. The van der Waals surface area contributed by atoms with Gasteiger partial charge in [-0.15, -0.1) is 6.58 Å². The molecule has 4 rings (SSSR count).